The zero-order chi connectivity index (χ0) is 16.0. The molecule has 1 amide bonds. The molecule has 6 heteroatoms. The maximum absolute atomic E-state index is 12.6. The third-order valence-electron chi connectivity index (χ3n) is 2.88. The van der Waals surface area contributed by atoms with Crippen molar-refractivity contribution >= 4 is 5.91 Å². The van der Waals surface area contributed by atoms with E-state index in [4.69, 9.17) is 5.73 Å². The van der Waals surface area contributed by atoms with Crippen LogP contribution < -0.4 is 5.73 Å². The molecule has 0 heterocycles. The van der Waals surface area contributed by atoms with Gasteiger partial charge in [-0.3, -0.25) is 4.79 Å². The van der Waals surface area contributed by atoms with Gasteiger partial charge in [0, 0.05) is 6.54 Å². The van der Waals surface area contributed by atoms with Crippen LogP contribution in [0.2, 0.25) is 0 Å². The van der Waals surface area contributed by atoms with Crippen LogP contribution in [0.5, 0.6) is 0 Å². The van der Waals surface area contributed by atoms with Crippen molar-refractivity contribution in [3.8, 4) is 0 Å². The van der Waals surface area contributed by atoms with Gasteiger partial charge in [0.25, 0.3) is 0 Å². The fourth-order valence-electron chi connectivity index (χ4n) is 2.08. The summed E-state index contributed by atoms with van der Waals surface area (Å²) in [7, 11) is 0. The Labute approximate surface area is 122 Å². The average Bonchev–Trinajstić information content (AvgIpc) is 2.36. The minimum Gasteiger partial charge on any atom is -0.332 e. The Morgan fingerprint density at radius 3 is 2.29 bits per heavy atom. The number of nitrogens with zero attached hydrogens (tertiary/aromatic N) is 1. The first-order valence-electron chi connectivity index (χ1n) is 6.84. The molecule has 2 N–H and O–H groups in total. The monoisotopic (exact) mass is 302 g/mol. The maximum Gasteiger partial charge on any atom is 0.406 e. The van der Waals surface area contributed by atoms with Crippen molar-refractivity contribution in [2.24, 2.45) is 11.7 Å². The van der Waals surface area contributed by atoms with Crippen LogP contribution in [0.15, 0.2) is 30.3 Å². The SMILES string of the molecule is CC(C)CN(CC(F)(F)F)C(=O)[C@H](N)Cc1ccccc1. The van der Waals surface area contributed by atoms with Gasteiger partial charge >= 0.3 is 6.18 Å². The summed E-state index contributed by atoms with van der Waals surface area (Å²) in [5.74, 6) is -0.717. The largest absolute Gasteiger partial charge is 0.406 e. The number of halogens is 3. The van der Waals surface area contributed by atoms with E-state index in [0.717, 1.165) is 10.5 Å². The van der Waals surface area contributed by atoms with Gasteiger partial charge in [-0.2, -0.15) is 13.2 Å². The van der Waals surface area contributed by atoms with Crippen molar-refractivity contribution in [3.05, 3.63) is 35.9 Å². The zero-order valence-corrected chi connectivity index (χ0v) is 12.2. The first-order chi connectivity index (χ1) is 9.69. The molecule has 0 radical (unpaired) electrons. The molecular weight excluding hydrogens is 281 g/mol. The molecule has 0 saturated heterocycles. The number of hydrogen-bond donors (Lipinski definition) is 1. The van der Waals surface area contributed by atoms with E-state index < -0.39 is 24.7 Å². The number of amides is 1. The lowest BCUT2D eigenvalue weighted by molar-refractivity contribution is -0.162. The summed E-state index contributed by atoms with van der Waals surface area (Å²) in [4.78, 5) is 13.0. The van der Waals surface area contributed by atoms with Gasteiger partial charge in [-0.1, -0.05) is 44.2 Å². The summed E-state index contributed by atoms with van der Waals surface area (Å²) in [5.41, 5.74) is 6.61. The lowest BCUT2D eigenvalue weighted by Crippen LogP contribution is -2.49. The molecule has 0 unspecified atom stereocenters. The molecule has 0 bridgehead atoms. The topological polar surface area (TPSA) is 46.3 Å². The van der Waals surface area contributed by atoms with Gasteiger partial charge in [-0.05, 0) is 17.9 Å². The second kappa shape index (κ2) is 7.45. The summed E-state index contributed by atoms with van der Waals surface area (Å²) < 4.78 is 37.7. The van der Waals surface area contributed by atoms with E-state index in [1.807, 2.05) is 6.07 Å². The molecular formula is C15H21F3N2O. The fourth-order valence-corrected chi connectivity index (χ4v) is 2.08. The summed E-state index contributed by atoms with van der Waals surface area (Å²) in [5, 5.41) is 0. The molecule has 0 aliphatic rings. The highest BCUT2D eigenvalue weighted by atomic mass is 19.4. The van der Waals surface area contributed by atoms with E-state index in [0.29, 0.717) is 0 Å². The van der Waals surface area contributed by atoms with E-state index in [2.05, 4.69) is 0 Å². The van der Waals surface area contributed by atoms with Crippen LogP contribution >= 0.6 is 0 Å². The summed E-state index contributed by atoms with van der Waals surface area (Å²) in [6, 6.07) is 8.05. The number of rotatable bonds is 6. The van der Waals surface area contributed by atoms with Crippen LogP contribution in [0.3, 0.4) is 0 Å². The van der Waals surface area contributed by atoms with Gasteiger partial charge in [0.2, 0.25) is 5.91 Å². The molecule has 0 fully saturated rings. The molecule has 0 aliphatic carbocycles. The van der Waals surface area contributed by atoms with E-state index in [-0.39, 0.29) is 18.9 Å². The standard InChI is InChI=1S/C15H21F3N2O/c1-11(2)9-20(10-15(16,17)18)14(21)13(19)8-12-6-4-3-5-7-12/h3-7,11,13H,8-10,19H2,1-2H3/t13-/m1/s1. The second-order valence-corrected chi connectivity index (χ2v) is 5.52. The number of benzene rings is 1. The third kappa shape index (κ3) is 6.62. The molecule has 0 saturated carbocycles. The molecule has 3 nitrogen and oxygen atoms in total. The summed E-state index contributed by atoms with van der Waals surface area (Å²) >= 11 is 0. The number of carbonyl (C=O) groups is 1. The van der Waals surface area contributed by atoms with Crippen molar-refractivity contribution < 1.29 is 18.0 Å². The Balaban J connectivity index is 2.74. The first kappa shape index (κ1) is 17.5. The number of hydrogen-bond acceptors (Lipinski definition) is 2. The summed E-state index contributed by atoms with van der Waals surface area (Å²) in [6.45, 7) is 2.31. The van der Waals surface area contributed by atoms with Crippen molar-refractivity contribution in [3.63, 3.8) is 0 Å². The van der Waals surface area contributed by atoms with Gasteiger partial charge in [-0.15, -0.1) is 0 Å². The van der Waals surface area contributed by atoms with Crippen LogP contribution in [-0.4, -0.2) is 36.1 Å². The Morgan fingerprint density at radius 2 is 1.81 bits per heavy atom. The fraction of sp³-hybridized carbons (Fsp3) is 0.533. The Kier molecular flexibility index (Phi) is 6.20. The van der Waals surface area contributed by atoms with Crippen LogP contribution in [0.25, 0.3) is 0 Å². The maximum atomic E-state index is 12.6. The van der Waals surface area contributed by atoms with E-state index >= 15 is 0 Å². The van der Waals surface area contributed by atoms with Crippen molar-refractivity contribution in [1.82, 2.24) is 4.90 Å². The van der Waals surface area contributed by atoms with E-state index in [9.17, 15) is 18.0 Å². The quantitative estimate of drug-likeness (QED) is 0.878. The molecule has 0 aromatic heterocycles. The van der Waals surface area contributed by atoms with Gasteiger partial charge in [0.15, 0.2) is 0 Å². The minimum absolute atomic E-state index is 0.0425. The molecule has 118 valence electrons. The summed E-state index contributed by atoms with van der Waals surface area (Å²) in [6.07, 6.45) is -4.19. The average molecular weight is 302 g/mol. The molecule has 1 rings (SSSR count). The Hall–Kier alpha value is -1.56. The highest BCUT2D eigenvalue weighted by Gasteiger charge is 2.34. The predicted octanol–water partition coefficient (Wildman–Crippen LogP) is 2.60. The van der Waals surface area contributed by atoms with E-state index in [1.165, 1.54) is 0 Å². The van der Waals surface area contributed by atoms with Gasteiger partial charge < -0.3 is 10.6 Å². The molecule has 0 aliphatic heterocycles. The molecule has 1 aromatic rings. The Bertz CT molecular complexity index is 446. The lowest BCUT2D eigenvalue weighted by atomic mass is 10.0. The van der Waals surface area contributed by atoms with Crippen molar-refractivity contribution in [2.75, 3.05) is 13.1 Å². The molecule has 1 atom stereocenters. The van der Waals surface area contributed by atoms with Crippen molar-refractivity contribution in [2.45, 2.75) is 32.5 Å². The third-order valence-corrected chi connectivity index (χ3v) is 2.88. The molecule has 0 spiro atoms. The van der Waals surface area contributed by atoms with E-state index in [1.54, 1.807) is 38.1 Å². The smallest absolute Gasteiger partial charge is 0.332 e. The number of carbonyl (C=O) groups excluding carboxylic acids is 1. The highest BCUT2D eigenvalue weighted by molar-refractivity contribution is 5.82. The molecule has 21 heavy (non-hydrogen) atoms. The predicted molar refractivity (Wildman–Crippen MR) is 75.6 cm³/mol. The van der Waals surface area contributed by atoms with Crippen molar-refractivity contribution in [1.29, 1.82) is 0 Å². The first-order valence-corrected chi connectivity index (χ1v) is 6.84. The van der Waals surface area contributed by atoms with Crippen LogP contribution in [0.1, 0.15) is 19.4 Å². The zero-order valence-electron chi connectivity index (χ0n) is 12.2. The van der Waals surface area contributed by atoms with Crippen LogP contribution in [-0.2, 0) is 11.2 Å². The normalized spacial score (nSPS) is 13.3. The number of nitrogens with two attached hydrogens (primary N) is 1. The second-order valence-electron chi connectivity index (χ2n) is 5.52. The van der Waals surface area contributed by atoms with Gasteiger partial charge in [-0.25, -0.2) is 0 Å². The van der Waals surface area contributed by atoms with Crippen LogP contribution in [0.4, 0.5) is 13.2 Å². The van der Waals surface area contributed by atoms with Gasteiger partial charge in [0.1, 0.15) is 6.54 Å². The van der Waals surface area contributed by atoms with Gasteiger partial charge in [0.05, 0.1) is 6.04 Å². The number of alkyl halides is 3. The Morgan fingerprint density at radius 1 is 1.24 bits per heavy atom. The minimum atomic E-state index is -4.42. The lowest BCUT2D eigenvalue weighted by Gasteiger charge is -2.28. The molecule has 1 aromatic carbocycles. The van der Waals surface area contributed by atoms with Crippen LogP contribution in [0, 0.1) is 5.92 Å². The highest BCUT2D eigenvalue weighted by Crippen LogP contribution is 2.18.